The van der Waals surface area contributed by atoms with Gasteiger partial charge < -0.3 is 11.1 Å². The zero-order chi connectivity index (χ0) is 13.1. The number of anilines is 2. The van der Waals surface area contributed by atoms with Crippen LogP contribution in [0.15, 0.2) is 22.9 Å². The summed E-state index contributed by atoms with van der Waals surface area (Å²) < 4.78 is 0.558. The second-order valence-electron chi connectivity index (χ2n) is 3.61. The fourth-order valence-electron chi connectivity index (χ4n) is 1.49. The van der Waals surface area contributed by atoms with Gasteiger partial charge in [-0.3, -0.25) is 9.89 Å². The molecule has 0 saturated carbocycles. The SMILES string of the molecule is CCc1[nH]nc(C(=O)Nc2cccnc2Br)c1N. The minimum atomic E-state index is -0.364. The van der Waals surface area contributed by atoms with E-state index in [-0.39, 0.29) is 11.6 Å². The van der Waals surface area contributed by atoms with Crippen LogP contribution in [0.2, 0.25) is 0 Å². The molecule has 0 fully saturated rings. The number of aryl methyl sites for hydroxylation is 1. The van der Waals surface area contributed by atoms with Gasteiger partial charge in [0, 0.05) is 6.20 Å². The molecule has 0 atom stereocenters. The third-order valence-electron chi connectivity index (χ3n) is 2.46. The van der Waals surface area contributed by atoms with Crippen molar-refractivity contribution in [1.29, 1.82) is 0 Å². The predicted molar refractivity (Wildman–Crippen MR) is 72.3 cm³/mol. The van der Waals surface area contributed by atoms with Crippen molar-refractivity contribution >= 4 is 33.2 Å². The Morgan fingerprint density at radius 3 is 3.00 bits per heavy atom. The van der Waals surface area contributed by atoms with Crippen molar-refractivity contribution < 1.29 is 4.79 Å². The quantitative estimate of drug-likeness (QED) is 0.755. The van der Waals surface area contributed by atoms with Gasteiger partial charge in [-0.2, -0.15) is 5.10 Å². The number of halogens is 1. The number of hydrogen-bond acceptors (Lipinski definition) is 4. The molecule has 6 nitrogen and oxygen atoms in total. The predicted octanol–water partition coefficient (Wildman–Crippen LogP) is 1.96. The monoisotopic (exact) mass is 309 g/mol. The lowest BCUT2D eigenvalue weighted by Crippen LogP contribution is -2.14. The molecule has 0 aliphatic carbocycles. The van der Waals surface area contributed by atoms with E-state index in [1.807, 2.05) is 6.92 Å². The maximum atomic E-state index is 12.0. The minimum Gasteiger partial charge on any atom is -0.395 e. The maximum absolute atomic E-state index is 12.0. The molecule has 1 amide bonds. The third-order valence-corrected chi connectivity index (χ3v) is 3.09. The molecule has 0 unspecified atom stereocenters. The first kappa shape index (κ1) is 12.6. The summed E-state index contributed by atoms with van der Waals surface area (Å²) in [5, 5.41) is 9.35. The van der Waals surface area contributed by atoms with Crippen LogP contribution < -0.4 is 11.1 Å². The van der Waals surface area contributed by atoms with Gasteiger partial charge in [0.05, 0.1) is 17.1 Å². The highest BCUT2D eigenvalue weighted by molar-refractivity contribution is 9.10. The fraction of sp³-hybridized carbons (Fsp3) is 0.182. The van der Waals surface area contributed by atoms with Gasteiger partial charge in [0.15, 0.2) is 5.69 Å². The average Bonchev–Trinajstić information content (AvgIpc) is 2.73. The molecule has 4 N–H and O–H groups in total. The van der Waals surface area contributed by atoms with Crippen molar-refractivity contribution in [2.24, 2.45) is 0 Å². The molecular formula is C11H12BrN5O. The number of aromatic nitrogens is 3. The maximum Gasteiger partial charge on any atom is 0.278 e. The van der Waals surface area contributed by atoms with E-state index in [0.29, 0.717) is 22.4 Å². The number of nitrogens with zero attached hydrogens (tertiary/aromatic N) is 2. The normalized spacial score (nSPS) is 10.3. The number of nitrogen functional groups attached to an aromatic ring is 1. The summed E-state index contributed by atoms with van der Waals surface area (Å²) >= 11 is 3.25. The molecule has 0 bridgehead atoms. The van der Waals surface area contributed by atoms with E-state index in [1.165, 1.54) is 0 Å². The Morgan fingerprint density at radius 1 is 1.61 bits per heavy atom. The number of carbonyl (C=O) groups is 1. The summed E-state index contributed by atoms with van der Waals surface area (Å²) in [6.07, 6.45) is 2.32. The van der Waals surface area contributed by atoms with Gasteiger partial charge >= 0.3 is 0 Å². The lowest BCUT2D eigenvalue weighted by atomic mass is 10.2. The van der Waals surface area contributed by atoms with Crippen molar-refractivity contribution in [2.75, 3.05) is 11.1 Å². The van der Waals surface area contributed by atoms with Crippen LogP contribution in [-0.4, -0.2) is 21.1 Å². The molecule has 2 heterocycles. The number of pyridine rings is 1. The van der Waals surface area contributed by atoms with Crippen molar-refractivity contribution in [3.8, 4) is 0 Å². The zero-order valence-electron chi connectivity index (χ0n) is 9.70. The highest BCUT2D eigenvalue weighted by Crippen LogP contribution is 2.21. The Balaban J connectivity index is 2.22. The summed E-state index contributed by atoms with van der Waals surface area (Å²) in [4.78, 5) is 16.0. The van der Waals surface area contributed by atoms with Crippen LogP contribution in [-0.2, 0) is 6.42 Å². The summed E-state index contributed by atoms with van der Waals surface area (Å²) in [5.41, 5.74) is 7.73. The lowest BCUT2D eigenvalue weighted by Gasteiger charge is -2.05. The van der Waals surface area contributed by atoms with Crippen LogP contribution in [0.25, 0.3) is 0 Å². The molecule has 0 aromatic carbocycles. The van der Waals surface area contributed by atoms with Crippen LogP contribution in [0.5, 0.6) is 0 Å². The van der Waals surface area contributed by atoms with Crippen molar-refractivity contribution in [3.63, 3.8) is 0 Å². The number of nitrogens with one attached hydrogen (secondary N) is 2. The van der Waals surface area contributed by atoms with E-state index in [0.717, 1.165) is 5.69 Å². The molecule has 0 saturated heterocycles. The Bertz CT molecular complexity index is 581. The van der Waals surface area contributed by atoms with E-state index in [4.69, 9.17) is 5.73 Å². The topological polar surface area (TPSA) is 96.7 Å². The summed E-state index contributed by atoms with van der Waals surface area (Å²) in [6, 6.07) is 3.46. The molecule has 2 aromatic rings. The van der Waals surface area contributed by atoms with Gasteiger partial charge in [0.1, 0.15) is 4.60 Å². The Hall–Kier alpha value is -1.89. The van der Waals surface area contributed by atoms with Gasteiger partial charge in [-0.05, 0) is 34.5 Å². The van der Waals surface area contributed by atoms with E-state index < -0.39 is 0 Å². The van der Waals surface area contributed by atoms with Gasteiger partial charge in [0.2, 0.25) is 0 Å². The number of carbonyl (C=O) groups excluding carboxylic acids is 1. The fourth-order valence-corrected chi connectivity index (χ4v) is 1.84. The molecular weight excluding hydrogens is 298 g/mol. The Kier molecular flexibility index (Phi) is 3.61. The smallest absolute Gasteiger partial charge is 0.278 e. The number of nitrogens with two attached hydrogens (primary N) is 1. The van der Waals surface area contributed by atoms with Crippen molar-refractivity contribution in [1.82, 2.24) is 15.2 Å². The number of amides is 1. The van der Waals surface area contributed by atoms with Gasteiger partial charge in [-0.1, -0.05) is 6.92 Å². The Labute approximate surface area is 112 Å². The molecule has 7 heteroatoms. The lowest BCUT2D eigenvalue weighted by molar-refractivity contribution is 0.102. The van der Waals surface area contributed by atoms with Gasteiger partial charge in [-0.15, -0.1) is 0 Å². The van der Waals surface area contributed by atoms with E-state index in [9.17, 15) is 4.79 Å². The van der Waals surface area contributed by atoms with E-state index in [1.54, 1.807) is 18.3 Å². The number of hydrogen-bond donors (Lipinski definition) is 3. The Morgan fingerprint density at radius 2 is 2.39 bits per heavy atom. The van der Waals surface area contributed by atoms with Crippen LogP contribution in [0.4, 0.5) is 11.4 Å². The first-order valence-corrected chi connectivity index (χ1v) is 6.17. The molecule has 0 aliphatic rings. The highest BCUT2D eigenvalue weighted by atomic mass is 79.9. The second-order valence-corrected chi connectivity index (χ2v) is 4.37. The summed E-state index contributed by atoms with van der Waals surface area (Å²) in [7, 11) is 0. The van der Waals surface area contributed by atoms with Crippen LogP contribution >= 0.6 is 15.9 Å². The zero-order valence-corrected chi connectivity index (χ0v) is 11.3. The van der Waals surface area contributed by atoms with Gasteiger partial charge in [-0.25, -0.2) is 4.98 Å². The molecule has 2 rings (SSSR count). The summed E-state index contributed by atoms with van der Waals surface area (Å²) in [6.45, 7) is 1.93. The van der Waals surface area contributed by atoms with Crippen molar-refractivity contribution in [3.05, 3.63) is 34.3 Å². The van der Waals surface area contributed by atoms with E-state index >= 15 is 0 Å². The largest absolute Gasteiger partial charge is 0.395 e. The van der Waals surface area contributed by atoms with Crippen LogP contribution in [0.3, 0.4) is 0 Å². The third kappa shape index (κ3) is 2.35. The van der Waals surface area contributed by atoms with Gasteiger partial charge in [0.25, 0.3) is 5.91 Å². The van der Waals surface area contributed by atoms with Crippen LogP contribution in [0, 0.1) is 0 Å². The van der Waals surface area contributed by atoms with Crippen molar-refractivity contribution in [2.45, 2.75) is 13.3 Å². The van der Waals surface area contributed by atoms with E-state index in [2.05, 4.69) is 36.4 Å². The molecule has 0 radical (unpaired) electrons. The summed E-state index contributed by atoms with van der Waals surface area (Å²) in [5.74, 6) is -0.364. The minimum absolute atomic E-state index is 0.197. The molecule has 2 aromatic heterocycles. The number of aromatic amines is 1. The molecule has 94 valence electrons. The molecule has 0 spiro atoms. The molecule has 18 heavy (non-hydrogen) atoms. The standard InChI is InChI=1S/C11H12BrN5O/c1-2-6-8(13)9(17-16-6)11(18)15-7-4-3-5-14-10(7)12/h3-5H,2,13H2,1H3,(H,15,18)(H,16,17). The average molecular weight is 310 g/mol. The number of H-pyrrole nitrogens is 1. The first-order valence-electron chi connectivity index (χ1n) is 5.38. The second kappa shape index (κ2) is 5.18. The number of rotatable bonds is 3. The van der Waals surface area contributed by atoms with Crippen LogP contribution in [0.1, 0.15) is 23.1 Å². The first-order chi connectivity index (χ1) is 8.63. The highest BCUT2D eigenvalue weighted by Gasteiger charge is 2.17. The molecule has 0 aliphatic heterocycles.